The minimum absolute atomic E-state index is 0.137. The first kappa shape index (κ1) is 34.6. The highest BCUT2D eigenvalue weighted by molar-refractivity contribution is 6.01. The topological polar surface area (TPSA) is 169 Å². The van der Waals surface area contributed by atoms with Gasteiger partial charge in [-0.3, -0.25) is 0 Å². The van der Waals surface area contributed by atoms with Gasteiger partial charge < -0.3 is 25.3 Å². The Kier molecular flexibility index (Phi) is 8.48. The molecular weight excluding hydrogens is 717 g/mol. The van der Waals surface area contributed by atoms with E-state index in [0.29, 0.717) is 33.9 Å². The van der Waals surface area contributed by atoms with E-state index in [1.165, 1.54) is 0 Å². The van der Waals surface area contributed by atoms with Gasteiger partial charge >= 0.3 is 17.9 Å². The first-order valence-electron chi connectivity index (χ1n) is 17.9. The Morgan fingerprint density at radius 1 is 0.351 bits per heavy atom. The van der Waals surface area contributed by atoms with Crippen LogP contribution < -0.4 is 0 Å². The Balaban J connectivity index is 1.44. The zero-order chi connectivity index (χ0) is 39.2. The number of nitrogens with one attached hydrogen (secondary N) is 2. The first-order chi connectivity index (χ1) is 27.7. The van der Waals surface area contributed by atoms with E-state index in [-0.39, 0.29) is 16.7 Å². The molecule has 0 unspecified atom stereocenters. The quantitative estimate of drug-likeness (QED) is 0.107. The number of carbonyl (C=O) groups is 3. The lowest BCUT2D eigenvalue weighted by Crippen LogP contribution is -1.96. The van der Waals surface area contributed by atoms with Gasteiger partial charge in [0.1, 0.15) is 0 Å². The van der Waals surface area contributed by atoms with Crippen LogP contribution in [-0.4, -0.2) is 53.2 Å². The maximum Gasteiger partial charge on any atom is 0.335 e. The van der Waals surface area contributed by atoms with Crippen molar-refractivity contribution in [2.45, 2.75) is 0 Å². The summed E-state index contributed by atoms with van der Waals surface area (Å²) >= 11 is 0. The SMILES string of the molecule is O=C(O)c1ccc(-c2c3nc(c(-c4ccc(C(=O)O)cc4)c4ccc([nH]4)c(-c4ccccc4)c4ccc([nH]4)c(-c4ccc(C(=O)O)cc4)c4nc2C=C4)C=C3)cc1. The first-order valence-corrected chi connectivity index (χ1v) is 17.9. The number of aromatic nitrogens is 4. The molecule has 0 amide bonds. The lowest BCUT2D eigenvalue weighted by molar-refractivity contribution is 0.0686. The molecule has 7 aromatic rings. The molecule has 9 rings (SSSR count). The number of rotatable bonds is 7. The second-order valence-electron chi connectivity index (χ2n) is 13.5. The van der Waals surface area contributed by atoms with Crippen molar-refractivity contribution in [2.24, 2.45) is 0 Å². The van der Waals surface area contributed by atoms with Gasteiger partial charge in [0.2, 0.25) is 0 Å². The number of fused-ring (bicyclic) bond motifs is 8. The van der Waals surface area contributed by atoms with Crippen molar-refractivity contribution in [2.75, 3.05) is 0 Å². The van der Waals surface area contributed by atoms with Crippen LogP contribution in [0.25, 0.3) is 90.9 Å². The van der Waals surface area contributed by atoms with Crippen LogP contribution in [0, 0.1) is 0 Å². The summed E-state index contributed by atoms with van der Waals surface area (Å²) in [4.78, 5) is 53.1. The Labute approximate surface area is 324 Å². The molecule has 2 aliphatic heterocycles. The predicted molar refractivity (Wildman–Crippen MR) is 221 cm³/mol. The molecule has 10 heteroatoms. The largest absolute Gasteiger partial charge is 0.478 e. The number of aromatic carboxylic acids is 3. The zero-order valence-electron chi connectivity index (χ0n) is 29.9. The van der Waals surface area contributed by atoms with Gasteiger partial charge in [0.05, 0.1) is 39.5 Å². The number of carboxylic acid groups (broad SMARTS) is 3. The van der Waals surface area contributed by atoms with Crippen molar-refractivity contribution in [3.63, 3.8) is 0 Å². The summed E-state index contributed by atoms with van der Waals surface area (Å²) in [5.74, 6) is -3.10. The zero-order valence-corrected chi connectivity index (χ0v) is 29.9. The fraction of sp³-hybridized carbons (Fsp3) is 0. The summed E-state index contributed by atoms with van der Waals surface area (Å²) in [6.45, 7) is 0. The minimum Gasteiger partial charge on any atom is -0.478 e. The number of aromatic amines is 2. The third kappa shape index (κ3) is 6.36. The summed E-state index contributed by atoms with van der Waals surface area (Å²) in [6, 6.07) is 37.9. The molecule has 274 valence electrons. The molecule has 0 spiro atoms. The Bertz CT molecular complexity index is 2860. The Hall–Kier alpha value is -8.11. The van der Waals surface area contributed by atoms with E-state index in [2.05, 4.69) is 9.97 Å². The molecule has 0 aliphatic carbocycles. The van der Waals surface area contributed by atoms with Crippen molar-refractivity contribution in [3.05, 3.63) is 167 Å². The number of hydrogen-bond acceptors (Lipinski definition) is 5. The highest BCUT2D eigenvalue weighted by atomic mass is 16.4. The smallest absolute Gasteiger partial charge is 0.335 e. The summed E-state index contributed by atoms with van der Waals surface area (Å²) in [5.41, 5.74) is 12.2. The van der Waals surface area contributed by atoms with Gasteiger partial charge in [-0.2, -0.15) is 0 Å². The molecule has 0 fully saturated rings. The average molecular weight is 747 g/mol. The number of nitrogens with zero attached hydrogens (tertiary/aromatic N) is 2. The molecule has 0 saturated carbocycles. The van der Waals surface area contributed by atoms with E-state index < -0.39 is 17.9 Å². The summed E-state index contributed by atoms with van der Waals surface area (Å²) in [6.07, 6.45) is 7.60. The predicted octanol–water partition coefficient (Wildman–Crippen LogP) is 10.4. The summed E-state index contributed by atoms with van der Waals surface area (Å²) in [5, 5.41) is 29.0. The van der Waals surface area contributed by atoms with Crippen molar-refractivity contribution in [1.29, 1.82) is 0 Å². The van der Waals surface area contributed by atoms with Crippen LogP contribution in [0.4, 0.5) is 0 Å². The highest BCUT2D eigenvalue weighted by Gasteiger charge is 2.20. The maximum absolute atomic E-state index is 11.8. The number of carboxylic acids is 3. The van der Waals surface area contributed by atoms with E-state index >= 15 is 0 Å². The van der Waals surface area contributed by atoms with Crippen LogP contribution in [0.5, 0.6) is 0 Å². The fourth-order valence-electron chi connectivity index (χ4n) is 7.36. The molecule has 2 aliphatic rings. The molecule has 8 bridgehead atoms. The van der Waals surface area contributed by atoms with Crippen LogP contribution in [0.15, 0.2) is 127 Å². The van der Waals surface area contributed by atoms with Crippen LogP contribution in [0.2, 0.25) is 0 Å². The molecule has 57 heavy (non-hydrogen) atoms. The Morgan fingerprint density at radius 3 is 1.00 bits per heavy atom. The second kappa shape index (κ2) is 13.9. The standard InChI is InChI=1S/C47H30N4O6/c52-45(53)30-12-6-27(7-13-30)42-35-20-18-33(48-35)41(26-4-2-1-3-5-26)34-19-21-36(49-34)43(28-8-14-31(15-9-28)46(54)55)38-23-25-40(51-38)44(39-24-22-37(42)50-39)29-10-16-32(17-11-29)47(56)57/h1-25,48-49H,(H,52,53)(H,54,55)(H,56,57). The van der Waals surface area contributed by atoms with Gasteiger partial charge in [-0.15, -0.1) is 0 Å². The lowest BCUT2D eigenvalue weighted by atomic mass is 10.0. The molecule has 3 aromatic heterocycles. The number of hydrogen-bond donors (Lipinski definition) is 5. The van der Waals surface area contributed by atoms with Gasteiger partial charge in [-0.05, 0) is 107 Å². The summed E-state index contributed by atoms with van der Waals surface area (Å²) < 4.78 is 0. The van der Waals surface area contributed by atoms with Crippen molar-refractivity contribution in [1.82, 2.24) is 19.9 Å². The molecule has 10 nitrogen and oxygen atoms in total. The second-order valence-corrected chi connectivity index (χ2v) is 13.5. The van der Waals surface area contributed by atoms with E-state index in [1.54, 1.807) is 72.8 Å². The minimum atomic E-state index is -1.04. The van der Waals surface area contributed by atoms with Crippen LogP contribution in [0.3, 0.4) is 0 Å². The van der Waals surface area contributed by atoms with E-state index in [0.717, 1.165) is 55.4 Å². The van der Waals surface area contributed by atoms with E-state index in [4.69, 9.17) is 9.97 Å². The van der Waals surface area contributed by atoms with Crippen LogP contribution in [-0.2, 0) is 0 Å². The average Bonchev–Trinajstić information content (AvgIpc) is 4.07. The molecule has 5 N–H and O–H groups in total. The lowest BCUT2D eigenvalue weighted by Gasteiger charge is -2.08. The monoisotopic (exact) mass is 746 g/mol. The van der Waals surface area contributed by atoms with Crippen LogP contribution >= 0.6 is 0 Å². The molecular formula is C47H30N4O6. The van der Waals surface area contributed by atoms with E-state index in [1.807, 2.05) is 78.9 Å². The maximum atomic E-state index is 11.8. The Morgan fingerprint density at radius 2 is 0.649 bits per heavy atom. The van der Waals surface area contributed by atoms with Crippen molar-refractivity contribution >= 4 is 64.3 Å². The molecule has 0 saturated heterocycles. The number of H-pyrrole nitrogens is 2. The van der Waals surface area contributed by atoms with E-state index in [9.17, 15) is 29.7 Å². The third-order valence-corrected chi connectivity index (χ3v) is 10.1. The number of benzene rings is 4. The van der Waals surface area contributed by atoms with Gasteiger partial charge in [-0.25, -0.2) is 24.4 Å². The summed E-state index contributed by atoms with van der Waals surface area (Å²) in [7, 11) is 0. The van der Waals surface area contributed by atoms with Gasteiger partial charge in [0, 0.05) is 44.3 Å². The van der Waals surface area contributed by atoms with Gasteiger partial charge in [0.25, 0.3) is 0 Å². The van der Waals surface area contributed by atoms with Gasteiger partial charge in [-0.1, -0.05) is 66.7 Å². The molecule has 0 radical (unpaired) electrons. The molecule has 4 aromatic carbocycles. The molecule has 0 atom stereocenters. The molecule has 5 heterocycles. The third-order valence-electron chi connectivity index (χ3n) is 10.1. The highest BCUT2D eigenvalue weighted by Crippen LogP contribution is 2.38. The van der Waals surface area contributed by atoms with Gasteiger partial charge in [0.15, 0.2) is 0 Å². The van der Waals surface area contributed by atoms with Crippen molar-refractivity contribution < 1.29 is 29.7 Å². The van der Waals surface area contributed by atoms with Crippen molar-refractivity contribution in [3.8, 4) is 44.5 Å². The van der Waals surface area contributed by atoms with Crippen LogP contribution in [0.1, 0.15) is 53.8 Å². The fourth-order valence-corrected chi connectivity index (χ4v) is 7.36. The normalized spacial score (nSPS) is 11.8.